The molecule has 0 saturated carbocycles. The summed E-state index contributed by atoms with van der Waals surface area (Å²) in [6.07, 6.45) is 0. The number of rotatable bonds is 4. The minimum absolute atomic E-state index is 0.0555. The molecule has 2 aromatic rings. The van der Waals surface area contributed by atoms with E-state index in [0.29, 0.717) is 6.54 Å². The first kappa shape index (κ1) is 13.2. The van der Waals surface area contributed by atoms with Crippen molar-refractivity contribution in [1.29, 1.82) is 0 Å². The monoisotopic (exact) mass is 309 g/mol. The zero-order valence-corrected chi connectivity index (χ0v) is 12.1. The maximum absolute atomic E-state index is 9.08. The Hall–Kier alpha value is -1.26. The molecule has 0 aliphatic rings. The lowest BCUT2D eigenvalue weighted by Crippen LogP contribution is -2.16. The van der Waals surface area contributed by atoms with E-state index >= 15 is 0 Å². The van der Waals surface area contributed by atoms with Crippen LogP contribution in [0.5, 0.6) is 0 Å². The second-order valence-electron chi connectivity index (χ2n) is 4.31. The number of halogens is 1. The second kappa shape index (κ2) is 5.59. The number of hydrogen-bond donors (Lipinski definition) is 1. The van der Waals surface area contributed by atoms with E-state index in [1.54, 1.807) is 0 Å². The minimum atomic E-state index is 0.0555. The number of benzene rings is 1. The molecule has 0 radical (unpaired) electrons. The maximum Gasteiger partial charge on any atom is 0.123 e. The van der Waals surface area contributed by atoms with Crippen molar-refractivity contribution in [3.05, 3.63) is 51.9 Å². The molecule has 0 atom stereocenters. The van der Waals surface area contributed by atoms with Crippen molar-refractivity contribution in [1.82, 2.24) is 0 Å². The molecule has 2 rings (SSSR count). The van der Waals surface area contributed by atoms with Crippen molar-refractivity contribution < 1.29 is 9.52 Å². The first-order valence-corrected chi connectivity index (χ1v) is 6.55. The van der Waals surface area contributed by atoms with Gasteiger partial charge in [0.05, 0.1) is 18.8 Å². The summed E-state index contributed by atoms with van der Waals surface area (Å²) < 4.78 is 6.54. The van der Waals surface area contributed by atoms with Gasteiger partial charge in [0.25, 0.3) is 0 Å². The average Bonchev–Trinajstić information content (AvgIpc) is 2.74. The fourth-order valence-electron chi connectivity index (χ4n) is 1.85. The predicted octanol–water partition coefficient (Wildman–Crippen LogP) is 3.48. The van der Waals surface area contributed by atoms with Crippen LogP contribution in [0.15, 0.2) is 39.2 Å². The third-order valence-corrected chi connectivity index (χ3v) is 3.43. The van der Waals surface area contributed by atoms with Gasteiger partial charge in [-0.3, -0.25) is 0 Å². The van der Waals surface area contributed by atoms with Crippen LogP contribution in [0.3, 0.4) is 0 Å². The Morgan fingerprint density at radius 1 is 1.28 bits per heavy atom. The Labute approximate surface area is 115 Å². The van der Waals surface area contributed by atoms with Crippen LogP contribution < -0.4 is 4.90 Å². The van der Waals surface area contributed by atoms with Gasteiger partial charge in [-0.15, -0.1) is 0 Å². The number of anilines is 1. The Morgan fingerprint density at radius 2 is 2.06 bits per heavy atom. The molecule has 1 N–H and O–H groups in total. The topological polar surface area (TPSA) is 36.6 Å². The van der Waals surface area contributed by atoms with E-state index in [1.165, 1.54) is 0 Å². The van der Waals surface area contributed by atoms with Gasteiger partial charge >= 0.3 is 0 Å². The van der Waals surface area contributed by atoms with Crippen molar-refractivity contribution in [2.24, 2.45) is 0 Å². The van der Waals surface area contributed by atoms with E-state index < -0.39 is 0 Å². The Kier molecular flexibility index (Phi) is 4.09. The Balaban J connectivity index is 2.15. The molecule has 96 valence electrons. The third kappa shape index (κ3) is 2.94. The molecule has 0 amide bonds. The van der Waals surface area contributed by atoms with E-state index in [0.717, 1.165) is 27.2 Å². The van der Waals surface area contributed by atoms with E-state index in [1.807, 2.05) is 44.3 Å². The van der Waals surface area contributed by atoms with Gasteiger partial charge in [-0.25, -0.2) is 0 Å². The zero-order valence-electron chi connectivity index (χ0n) is 10.5. The summed E-state index contributed by atoms with van der Waals surface area (Å²) in [5.41, 5.74) is 1.97. The quantitative estimate of drug-likeness (QED) is 0.939. The SMILES string of the molecule is Cc1ccc(CN(C)c2ccc(CO)cc2Br)o1. The van der Waals surface area contributed by atoms with Crippen LogP contribution in [0.25, 0.3) is 0 Å². The van der Waals surface area contributed by atoms with Crippen molar-refractivity contribution in [3.63, 3.8) is 0 Å². The van der Waals surface area contributed by atoms with Crippen LogP contribution in [0.4, 0.5) is 5.69 Å². The molecule has 0 aliphatic heterocycles. The van der Waals surface area contributed by atoms with Crippen LogP contribution in [0.1, 0.15) is 17.1 Å². The molecule has 1 aromatic heterocycles. The molecule has 0 spiro atoms. The highest BCUT2D eigenvalue weighted by Gasteiger charge is 2.09. The number of aliphatic hydroxyl groups excluding tert-OH is 1. The molecule has 1 aromatic carbocycles. The molecule has 18 heavy (non-hydrogen) atoms. The fourth-order valence-corrected chi connectivity index (χ4v) is 2.58. The molecule has 0 aliphatic carbocycles. The van der Waals surface area contributed by atoms with Gasteiger partial charge in [0, 0.05) is 11.5 Å². The van der Waals surface area contributed by atoms with Crippen LogP contribution >= 0.6 is 15.9 Å². The number of hydrogen-bond acceptors (Lipinski definition) is 3. The first-order valence-electron chi connectivity index (χ1n) is 5.76. The smallest absolute Gasteiger partial charge is 0.123 e. The zero-order chi connectivity index (χ0) is 13.1. The third-order valence-electron chi connectivity index (χ3n) is 2.79. The molecule has 1 heterocycles. The van der Waals surface area contributed by atoms with Gasteiger partial charge in [0.1, 0.15) is 11.5 Å². The average molecular weight is 310 g/mol. The summed E-state index contributed by atoms with van der Waals surface area (Å²) >= 11 is 3.52. The van der Waals surface area contributed by atoms with E-state index in [2.05, 4.69) is 20.8 Å². The second-order valence-corrected chi connectivity index (χ2v) is 5.17. The summed E-state index contributed by atoms with van der Waals surface area (Å²) in [6, 6.07) is 9.80. The van der Waals surface area contributed by atoms with Crippen molar-refractivity contribution in [3.8, 4) is 0 Å². The predicted molar refractivity (Wildman–Crippen MR) is 75.6 cm³/mol. The van der Waals surface area contributed by atoms with E-state index in [4.69, 9.17) is 9.52 Å². The number of furan rings is 1. The van der Waals surface area contributed by atoms with Gasteiger partial charge < -0.3 is 14.4 Å². The van der Waals surface area contributed by atoms with Crippen LogP contribution in [-0.2, 0) is 13.2 Å². The minimum Gasteiger partial charge on any atom is -0.464 e. The standard InChI is InChI=1S/C14H16BrNO2/c1-10-3-5-12(18-10)8-16(2)14-6-4-11(9-17)7-13(14)15/h3-7,17H,8-9H2,1-2H3. The van der Waals surface area contributed by atoms with E-state index in [9.17, 15) is 0 Å². The van der Waals surface area contributed by atoms with Crippen LogP contribution in [0, 0.1) is 6.92 Å². The molecule has 0 saturated heterocycles. The van der Waals surface area contributed by atoms with Gasteiger partial charge in [0.2, 0.25) is 0 Å². The van der Waals surface area contributed by atoms with Crippen molar-refractivity contribution in [2.75, 3.05) is 11.9 Å². The van der Waals surface area contributed by atoms with Gasteiger partial charge in [-0.1, -0.05) is 6.07 Å². The normalized spacial score (nSPS) is 10.7. The van der Waals surface area contributed by atoms with Crippen molar-refractivity contribution in [2.45, 2.75) is 20.1 Å². The maximum atomic E-state index is 9.08. The lowest BCUT2D eigenvalue weighted by molar-refractivity contribution is 0.282. The lowest BCUT2D eigenvalue weighted by Gasteiger charge is -2.20. The molecule has 0 bridgehead atoms. The number of aryl methyl sites for hydroxylation is 1. The summed E-state index contributed by atoms with van der Waals surface area (Å²) in [5, 5.41) is 9.08. The summed E-state index contributed by atoms with van der Waals surface area (Å²) in [5.74, 6) is 1.86. The van der Waals surface area contributed by atoms with Gasteiger partial charge in [-0.05, 0) is 52.7 Å². The highest BCUT2D eigenvalue weighted by atomic mass is 79.9. The van der Waals surface area contributed by atoms with Crippen LogP contribution in [-0.4, -0.2) is 12.2 Å². The molecular formula is C14H16BrNO2. The van der Waals surface area contributed by atoms with Gasteiger partial charge in [0.15, 0.2) is 0 Å². The molecule has 3 nitrogen and oxygen atoms in total. The summed E-state index contributed by atoms with van der Waals surface area (Å²) in [4.78, 5) is 2.10. The highest BCUT2D eigenvalue weighted by Crippen LogP contribution is 2.27. The van der Waals surface area contributed by atoms with Crippen molar-refractivity contribution >= 4 is 21.6 Å². The fraction of sp³-hybridized carbons (Fsp3) is 0.286. The molecular weight excluding hydrogens is 294 g/mol. The van der Waals surface area contributed by atoms with Crippen LogP contribution in [0.2, 0.25) is 0 Å². The largest absolute Gasteiger partial charge is 0.464 e. The highest BCUT2D eigenvalue weighted by molar-refractivity contribution is 9.10. The Bertz CT molecular complexity index is 536. The Morgan fingerprint density at radius 3 is 2.61 bits per heavy atom. The molecule has 4 heteroatoms. The van der Waals surface area contributed by atoms with E-state index in [-0.39, 0.29) is 6.61 Å². The lowest BCUT2D eigenvalue weighted by atomic mass is 10.2. The number of nitrogens with zero attached hydrogens (tertiary/aromatic N) is 1. The molecule has 0 fully saturated rings. The number of aliphatic hydroxyl groups is 1. The summed E-state index contributed by atoms with van der Waals surface area (Å²) in [6.45, 7) is 2.71. The first-order chi connectivity index (χ1) is 8.60. The summed E-state index contributed by atoms with van der Waals surface area (Å²) in [7, 11) is 2.01. The molecule has 0 unspecified atom stereocenters. The van der Waals surface area contributed by atoms with Gasteiger partial charge in [-0.2, -0.15) is 0 Å².